The van der Waals surface area contributed by atoms with Crippen molar-refractivity contribution in [2.24, 2.45) is 0 Å². The molecule has 24 heavy (non-hydrogen) atoms. The van der Waals surface area contributed by atoms with Crippen molar-refractivity contribution in [3.8, 4) is 5.75 Å². The van der Waals surface area contributed by atoms with Gasteiger partial charge in [0.15, 0.2) is 0 Å². The lowest BCUT2D eigenvalue weighted by Gasteiger charge is -2.29. The molecule has 3 rings (SSSR count). The van der Waals surface area contributed by atoms with E-state index in [4.69, 9.17) is 0 Å². The molecule has 0 aromatic heterocycles. The Bertz CT molecular complexity index is 691. The van der Waals surface area contributed by atoms with Crippen LogP contribution in [0.15, 0.2) is 48.5 Å². The molecule has 1 heterocycles. The third-order valence-corrected chi connectivity index (χ3v) is 4.59. The largest absolute Gasteiger partial charge is 0.507 e. The molecular formula is C20H23NO3. The minimum Gasteiger partial charge on any atom is -0.507 e. The Morgan fingerprint density at radius 3 is 2.38 bits per heavy atom. The molecule has 0 radical (unpaired) electrons. The van der Waals surface area contributed by atoms with Crippen LogP contribution >= 0.6 is 0 Å². The van der Waals surface area contributed by atoms with Crippen molar-refractivity contribution < 1.29 is 15.0 Å². The first-order chi connectivity index (χ1) is 11.6. The maximum atomic E-state index is 12.6. The van der Waals surface area contributed by atoms with E-state index in [0.717, 1.165) is 18.4 Å². The molecule has 4 nitrogen and oxygen atoms in total. The summed E-state index contributed by atoms with van der Waals surface area (Å²) in [4.78, 5) is 14.3. The van der Waals surface area contributed by atoms with Gasteiger partial charge in [0.05, 0.1) is 11.7 Å². The predicted octanol–water partition coefficient (Wildman–Crippen LogP) is 2.77. The normalized spacial score (nSPS) is 15.5. The SMILES string of the molecule is O=C(c1cc(CCc2ccccc2)ccc1O)N1CCC(O)CC1. The summed E-state index contributed by atoms with van der Waals surface area (Å²) in [7, 11) is 0. The van der Waals surface area contributed by atoms with Crippen LogP contribution in [-0.2, 0) is 12.8 Å². The first-order valence-electron chi connectivity index (χ1n) is 8.46. The van der Waals surface area contributed by atoms with Gasteiger partial charge in [0, 0.05) is 13.1 Å². The van der Waals surface area contributed by atoms with E-state index >= 15 is 0 Å². The van der Waals surface area contributed by atoms with Crippen molar-refractivity contribution in [1.82, 2.24) is 4.90 Å². The van der Waals surface area contributed by atoms with Crippen molar-refractivity contribution in [2.45, 2.75) is 31.8 Å². The van der Waals surface area contributed by atoms with E-state index in [2.05, 4.69) is 12.1 Å². The average Bonchev–Trinajstić information content (AvgIpc) is 2.62. The van der Waals surface area contributed by atoms with Crippen LogP contribution in [-0.4, -0.2) is 40.2 Å². The Balaban J connectivity index is 1.70. The van der Waals surface area contributed by atoms with Gasteiger partial charge in [-0.2, -0.15) is 0 Å². The molecule has 0 saturated carbocycles. The number of aliphatic hydroxyl groups is 1. The highest BCUT2D eigenvalue weighted by atomic mass is 16.3. The molecule has 2 aromatic carbocycles. The van der Waals surface area contributed by atoms with Crippen LogP contribution in [0.5, 0.6) is 5.75 Å². The molecular weight excluding hydrogens is 302 g/mol. The summed E-state index contributed by atoms with van der Waals surface area (Å²) >= 11 is 0. The minimum absolute atomic E-state index is 0.0228. The van der Waals surface area contributed by atoms with Crippen molar-refractivity contribution >= 4 is 5.91 Å². The molecule has 126 valence electrons. The highest BCUT2D eigenvalue weighted by Crippen LogP contribution is 2.23. The molecule has 0 bridgehead atoms. The second-order valence-electron chi connectivity index (χ2n) is 6.36. The molecule has 0 atom stereocenters. The van der Waals surface area contributed by atoms with Crippen LogP contribution in [0.3, 0.4) is 0 Å². The van der Waals surface area contributed by atoms with Gasteiger partial charge in [0.1, 0.15) is 5.75 Å². The number of piperidine rings is 1. The second-order valence-corrected chi connectivity index (χ2v) is 6.36. The van der Waals surface area contributed by atoms with Crippen LogP contribution < -0.4 is 0 Å². The number of phenols is 1. The molecule has 2 N–H and O–H groups in total. The summed E-state index contributed by atoms with van der Waals surface area (Å²) in [6.07, 6.45) is 2.60. The molecule has 1 saturated heterocycles. The van der Waals surface area contributed by atoms with Crippen molar-refractivity contribution in [3.05, 3.63) is 65.2 Å². The van der Waals surface area contributed by atoms with Crippen molar-refractivity contribution in [1.29, 1.82) is 0 Å². The van der Waals surface area contributed by atoms with Crippen LogP contribution in [0, 0.1) is 0 Å². The lowest BCUT2D eigenvalue weighted by atomic mass is 10.0. The summed E-state index contributed by atoms with van der Waals surface area (Å²) in [6, 6.07) is 15.5. The van der Waals surface area contributed by atoms with Gasteiger partial charge < -0.3 is 15.1 Å². The van der Waals surface area contributed by atoms with Gasteiger partial charge in [-0.3, -0.25) is 4.79 Å². The smallest absolute Gasteiger partial charge is 0.257 e. The summed E-state index contributed by atoms with van der Waals surface area (Å²) in [6.45, 7) is 1.07. The number of likely N-dealkylation sites (tertiary alicyclic amines) is 1. The molecule has 1 aliphatic rings. The predicted molar refractivity (Wildman–Crippen MR) is 93.1 cm³/mol. The van der Waals surface area contributed by atoms with Crippen LogP contribution in [0.4, 0.5) is 0 Å². The molecule has 0 aliphatic carbocycles. The fraction of sp³-hybridized carbons (Fsp3) is 0.350. The number of aromatic hydroxyl groups is 1. The van der Waals surface area contributed by atoms with Gasteiger partial charge in [-0.15, -0.1) is 0 Å². The van der Waals surface area contributed by atoms with E-state index in [1.807, 2.05) is 24.3 Å². The highest BCUT2D eigenvalue weighted by molar-refractivity contribution is 5.97. The van der Waals surface area contributed by atoms with Crippen molar-refractivity contribution in [3.63, 3.8) is 0 Å². The van der Waals surface area contributed by atoms with Gasteiger partial charge in [0.2, 0.25) is 0 Å². The monoisotopic (exact) mass is 325 g/mol. The molecule has 1 aliphatic heterocycles. The lowest BCUT2D eigenvalue weighted by molar-refractivity contribution is 0.0544. The van der Waals surface area contributed by atoms with Gasteiger partial charge in [0.25, 0.3) is 5.91 Å². The zero-order chi connectivity index (χ0) is 16.9. The van der Waals surface area contributed by atoms with E-state index < -0.39 is 0 Å². The summed E-state index contributed by atoms with van der Waals surface area (Å²) in [5, 5.41) is 19.6. The number of amides is 1. The number of nitrogens with zero attached hydrogens (tertiary/aromatic N) is 1. The Morgan fingerprint density at radius 2 is 1.67 bits per heavy atom. The van der Waals surface area contributed by atoms with Gasteiger partial charge in [-0.25, -0.2) is 0 Å². The van der Waals surface area contributed by atoms with E-state index in [1.54, 1.807) is 17.0 Å². The number of aliphatic hydroxyl groups excluding tert-OH is 1. The van der Waals surface area contributed by atoms with Gasteiger partial charge in [-0.05, 0) is 48.9 Å². The highest BCUT2D eigenvalue weighted by Gasteiger charge is 2.24. The first kappa shape index (κ1) is 16.5. The Morgan fingerprint density at radius 1 is 1.00 bits per heavy atom. The molecule has 0 unspecified atom stereocenters. The number of rotatable bonds is 4. The number of phenolic OH excluding ortho intramolecular Hbond substituents is 1. The molecule has 1 amide bonds. The standard InChI is InChI=1S/C20H23NO3/c22-17-10-12-21(13-11-17)20(24)18-14-16(8-9-19(18)23)7-6-15-4-2-1-3-5-15/h1-5,8-9,14,17,22-23H,6-7,10-13H2. The fourth-order valence-corrected chi connectivity index (χ4v) is 3.08. The van der Waals surface area contributed by atoms with E-state index in [9.17, 15) is 15.0 Å². The summed E-state index contributed by atoms with van der Waals surface area (Å²) in [5.74, 6) is -0.129. The fourth-order valence-electron chi connectivity index (χ4n) is 3.08. The third-order valence-electron chi connectivity index (χ3n) is 4.59. The number of carbonyl (C=O) groups is 1. The third kappa shape index (κ3) is 3.95. The zero-order valence-electron chi connectivity index (χ0n) is 13.7. The van der Waals surface area contributed by atoms with E-state index in [-0.39, 0.29) is 17.8 Å². The zero-order valence-corrected chi connectivity index (χ0v) is 13.7. The average molecular weight is 325 g/mol. The first-order valence-corrected chi connectivity index (χ1v) is 8.46. The van der Waals surface area contributed by atoms with Crippen molar-refractivity contribution in [2.75, 3.05) is 13.1 Å². The van der Waals surface area contributed by atoms with Gasteiger partial charge >= 0.3 is 0 Å². The molecule has 2 aromatic rings. The van der Waals surface area contributed by atoms with E-state index in [0.29, 0.717) is 31.5 Å². The maximum Gasteiger partial charge on any atom is 0.257 e. The topological polar surface area (TPSA) is 60.8 Å². The van der Waals surface area contributed by atoms with Crippen LogP contribution in [0.25, 0.3) is 0 Å². The van der Waals surface area contributed by atoms with E-state index in [1.165, 1.54) is 5.56 Å². The molecule has 1 fully saturated rings. The quantitative estimate of drug-likeness (QED) is 0.909. The summed E-state index contributed by atoms with van der Waals surface area (Å²) in [5.41, 5.74) is 2.65. The second kappa shape index (κ2) is 7.49. The Kier molecular flexibility index (Phi) is 5.16. The van der Waals surface area contributed by atoms with Crippen LogP contribution in [0.1, 0.15) is 34.3 Å². The number of hydrogen-bond donors (Lipinski definition) is 2. The van der Waals surface area contributed by atoms with Gasteiger partial charge in [-0.1, -0.05) is 36.4 Å². The minimum atomic E-state index is -0.320. The summed E-state index contributed by atoms with van der Waals surface area (Å²) < 4.78 is 0. The Labute approximate surface area is 142 Å². The number of carbonyl (C=O) groups excluding carboxylic acids is 1. The number of hydrogen-bond acceptors (Lipinski definition) is 3. The maximum absolute atomic E-state index is 12.6. The molecule has 4 heteroatoms. The Hall–Kier alpha value is -2.33. The lowest BCUT2D eigenvalue weighted by Crippen LogP contribution is -2.40. The number of aryl methyl sites for hydroxylation is 2. The van der Waals surface area contributed by atoms with Crippen LogP contribution in [0.2, 0.25) is 0 Å². The number of benzene rings is 2. The molecule has 0 spiro atoms.